The van der Waals surface area contributed by atoms with Gasteiger partial charge < -0.3 is 39.8 Å². The number of ether oxygens (including phenoxy) is 3. The lowest BCUT2D eigenvalue weighted by Gasteiger charge is -2.32. The SMILES string of the molecule is COc1ccccc1C1CCN(C(=O)O[C@@H]2C[C@H]3C(=O)N[C@]4(C(=O)O)C[C@H]4/C=C\CCCCC[C@H](NC(=O)OC(C)(C)C)C(=O)N3C2)CC1. The van der Waals surface area contributed by atoms with Crippen molar-refractivity contribution in [3.05, 3.63) is 42.0 Å². The number of amides is 4. The maximum atomic E-state index is 14.2. The molecule has 1 saturated carbocycles. The van der Waals surface area contributed by atoms with Gasteiger partial charge in [0.25, 0.3) is 0 Å². The molecule has 4 aliphatic rings. The second kappa shape index (κ2) is 15.1. The van der Waals surface area contributed by atoms with Crippen LogP contribution in [0, 0.1) is 5.92 Å². The molecule has 3 fully saturated rings. The average molecular weight is 683 g/mol. The van der Waals surface area contributed by atoms with Gasteiger partial charge in [0.1, 0.15) is 35.1 Å². The van der Waals surface area contributed by atoms with Crippen molar-refractivity contribution in [3.63, 3.8) is 0 Å². The first-order valence-corrected chi connectivity index (χ1v) is 17.4. The third kappa shape index (κ3) is 8.66. The van der Waals surface area contributed by atoms with Crippen molar-refractivity contribution in [1.29, 1.82) is 0 Å². The van der Waals surface area contributed by atoms with Crippen LogP contribution < -0.4 is 15.4 Å². The second-order valence-electron chi connectivity index (χ2n) is 14.6. The minimum atomic E-state index is -1.46. The van der Waals surface area contributed by atoms with Gasteiger partial charge in [-0.05, 0) is 76.8 Å². The van der Waals surface area contributed by atoms with E-state index in [0.717, 1.165) is 43.4 Å². The number of methoxy groups -OCH3 is 1. The van der Waals surface area contributed by atoms with Crippen LogP contribution in [-0.4, -0.2) is 101 Å². The lowest BCUT2D eigenvalue weighted by Crippen LogP contribution is -2.56. The smallest absolute Gasteiger partial charge is 0.410 e. The van der Waals surface area contributed by atoms with Gasteiger partial charge in [-0.15, -0.1) is 0 Å². The fourth-order valence-electron chi connectivity index (χ4n) is 7.19. The summed E-state index contributed by atoms with van der Waals surface area (Å²) in [6.07, 6.45) is 6.68. The highest BCUT2D eigenvalue weighted by molar-refractivity contribution is 5.96. The maximum Gasteiger partial charge on any atom is 0.410 e. The number of rotatable bonds is 5. The molecule has 3 aliphatic heterocycles. The number of carboxylic acids is 1. The lowest BCUT2D eigenvalue weighted by molar-refractivity contribution is -0.145. The van der Waals surface area contributed by atoms with Crippen molar-refractivity contribution in [1.82, 2.24) is 20.4 Å². The van der Waals surface area contributed by atoms with Crippen molar-refractivity contribution in [2.75, 3.05) is 26.7 Å². The number of nitrogens with one attached hydrogen (secondary N) is 2. The zero-order chi connectivity index (χ0) is 35.3. The minimum Gasteiger partial charge on any atom is -0.496 e. The molecule has 0 radical (unpaired) electrons. The van der Waals surface area contributed by atoms with Gasteiger partial charge in [-0.25, -0.2) is 14.4 Å². The van der Waals surface area contributed by atoms with Gasteiger partial charge in [-0.1, -0.05) is 43.2 Å². The first-order chi connectivity index (χ1) is 23.3. The molecular weight excluding hydrogens is 632 g/mol. The molecule has 1 aliphatic carbocycles. The summed E-state index contributed by atoms with van der Waals surface area (Å²) in [6.45, 7) is 6.04. The molecule has 13 heteroatoms. The molecule has 0 aromatic heterocycles. The summed E-state index contributed by atoms with van der Waals surface area (Å²) in [5, 5.41) is 15.5. The van der Waals surface area contributed by atoms with Crippen LogP contribution in [-0.2, 0) is 23.9 Å². The first-order valence-electron chi connectivity index (χ1n) is 17.4. The number of para-hydroxylation sites is 1. The van der Waals surface area contributed by atoms with E-state index >= 15 is 0 Å². The van der Waals surface area contributed by atoms with Crippen molar-refractivity contribution < 1.29 is 43.3 Å². The van der Waals surface area contributed by atoms with Crippen molar-refractivity contribution in [2.24, 2.45) is 5.92 Å². The number of piperidine rings is 1. The van der Waals surface area contributed by atoms with Crippen LogP contribution in [0.5, 0.6) is 5.75 Å². The van der Waals surface area contributed by atoms with Gasteiger partial charge in [-0.2, -0.15) is 0 Å². The Morgan fingerprint density at radius 1 is 1.04 bits per heavy atom. The number of carboxylic acid groups (broad SMARTS) is 1. The fraction of sp³-hybridized carbons (Fsp3) is 0.639. The van der Waals surface area contributed by atoms with E-state index in [0.29, 0.717) is 25.9 Å². The van der Waals surface area contributed by atoms with Crippen molar-refractivity contribution in [2.45, 2.75) is 114 Å². The minimum absolute atomic E-state index is 0.00362. The number of hydrogen-bond acceptors (Lipinski definition) is 8. The Balaban J connectivity index is 1.31. The number of likely N-dealkylation sites (tertiary alicyclic amines) is 1. The normalized spacial score (nSPS) is 28.9. The van der Waals surface area contributed by atoms with Gasteiger partial charge in [0.15, 0.2) is 0 Å². The molecule has 5 atom stereocenters. The number of nitrogens with zero attached hydrogens (tertiary/aromatic N) is 2. The molecule has 2 saturated heterocycles. The highest BCUT2D eigenvalue weighted by atomic mass is 16.6. The van der Waals surface area contributed by atoms with E-state index in [1.165, 1.54) is 4.90 Å². The van der Waals surface area contributed by atoms with E-state index in [1.807, 2.05) is 36.4 Å². The van der Waals surface area contributed by atoms with Gasteiger partial charge in [0.05, 0.1) is 13.7 Å². The molecule has 0 spiro atoms. The number of aliphatic carboxylic acids is 1. The second-order valence-corrected chi connectivity index (χ2v) is 14.6. The number of carbonyl (C=O) groups is 5. The Hall–Kier alpha value is -4.29. The summed E-state index contributed by atoms with van der Waals surface area (Å²) in [7, 11) is 1.64. The van der Waals surface area contributed by atoms with Gasteiger partial charge >= 0.3 is 18.2 Å². The summed E-state index contributed by atoms with van der Waals surface area (Å²) < 4.78 is 16.9. The van der Waals surface area contributed by atoms with Crippen LogP contribution in [0.4, 0.5) is 9.59 Å². The van der Waals surface area contributed by atoms with Crippen LogP contribution in [0.15, 0.2) is 36.4 Å². The largest absolute Gasteiger partial charge is 0.496 e. The first kappa shape index (κ1) is 36.0. The molecule has 49 heavy (non-hydrogen) atoms. The zero-order valence-electron chi connectivity index (χ0n) is 28.9. The average Bonchev–Trinajstić information content (AvgIpc) is 3.59. The molecule has 13 nitrogen and oxygen atoms in total. The van der Waals surface area contributed by atoms with E-state index in [-0.39, 0.29) is 31.2 Å². The van der Waals surface area contributed by atoms with Crippen molar-refractivity contribution in [3.8, 4) is 5.75 Å². The number of benzene rings is 1. The number of fused-ring (bicyclic) bond motifs is 2. The summed E-state index contributed by atoms with van der Waals surface area (Å²) in [6, 6.07) is 5.77. The molecular formula is C36H50N4O9. The summed E-state index contributed by atoms with van der Waals surface area (Å²) >= 11 is 0. The van der Waals surface area contributed by atoms with Crippen LogP contribution in [0.3, 0.4) is 0 Å². The summed E-state index contributed by atoms with van der Waals surface area (Å²) in [4.78, 5) is 69.5. The number of allylic oxidation sites excluding steroid dienone is 1. The van der Waals surface area contributed by atoms with E-state index in [4.69, 9.17) is 14.2 Å². The van der Waals surface area contributed by atoms with Crippen molar-refractivity contribution >= 4 is 30.0 Å². The monoisotopic (exact) mass is 682 g/mol. The Morgan fingerprint density at radius 3 is 2.47 bits per heavy atom. The predicted molar refractivity (Wildman–Crippen MR) is 179 cm³/mol. The molecule has 3 N–H and O–H groups in total. The van der Waals surface area contributed by atoms with E-state index in [1.54, 1.807) is 32.8 Å². The molecule has 0 bridgehead atoms. The Morgan fingerprint density at radius 2 is 1.78 bits per heavy atom. The molecule has 5 rings (SSSR count). The van der Waals surface area contributed by atoms with Crippen LogP contribution in [0.1, 0.15) is 90.0 Å². The number of alkyl carbamates (subject to hydrolysis) is 1. The third-order valence-electron chi connectivity index (χ3n) is 9.91. The Bertz CT molecular complexity index is 1430. The highest BCUT2D eigenvalue weighted by Gasteiger charge is 2.61. The van der Waals surface area contributed by atoms with E-state index < -0.39 is 59.3 Å². The van der Waals surface area contributed by atoms with E-state index in [9.17, 15) is 29.1 Å². The highest BCUT2D eigenvalue weighted by Crippen LogP contribution is 2.45. The summed E-state index contributed by atoms with van der Waals surface area (Å²) in [5.41, 5.74) is -1.15. The topological polar surface area (TPSA) is 164 Å². The molecule has 268 valence electrons. The lowest BCUT2D eigenvalue weighted by atomic mass is 9.89. The van der Waals surface area contributed by atoms with Crippen LogP contribution >= 0.6 is 0 Å². The summed E-state index contributed by atoms with van der Waals surface area (Å²) in [5.74, 6) is -1.59. The van der Waals surface area contributed by atoms with Gasteiger partial charge in [-0.3, -0.25) is 9.59 Å². The maximum absolute atomic E-state index is 14.2. The molecule has 3 heterocycles. The Labute approximate surface area is 287 Å². The van der Waals surface area contributed by atoms with E-state index in [2.05, 4.69) is 10.6 Å². The van der Waals surface area contributed by atoms with Gasteiger partial charge in [0.2, 0.25) is 11.8 Å². The fourth-order valence-corrected chi connectivity index (χ4v) is 7.19. The molecule has 1 aromatic carbocycles. The van der Waals surface area contributed by atoms with Crippen LogP contribution in [0.2, 0.25) is 0 Å². The molecule has 4 amide bonds. The predicted octanol–water partition coefficient (Wildman–Crippen LogP) is 4.35. The molecule has 1 aromatic rings. The number of hydrogen-bond donors (Lipinski definition) is 3. The van der Waals surface area contributed by atoms with Crippen LogP contribution in [0.25, 0.3) is 0 Å². The van der Waals surface area contributed by atoms with Gasteiger partial charge in [0, 0.05) is 25.4 Å². The Kier molecular flexibility index (Phi) is 11.1. The number of carbonyl (C=O) groups excluding carboxylic acids is 4. The zero-order valence-corrected chi connectivity index (χ0v) is 28.9. The third-order valence-corrected chi connectivity index (χ3v) is 9.91. The molecule has 0 unspecified atom stereocenters. The quantitative estimate of drug-likeness (QED) is 0.383. The standard InChI is InChI=1S/C36H50N4O9/c1-35(2,3)49-33(45)37-27-14-9-7-5-6-8-12-24-21-36(24,32(43)44)38-30(41)28-20-25(22-40(28)31(27)42)48-34(46)39-18-16-23(17-19-39)26-13-10-11-15-29(26)47-4/h8,10-13,15,23-25,27-28H,5-7,9,14,16-22H2,1-4H3,(H,37,45)(H,38,41)(H,43,44)/b12-8-/t24-,25-,27+,28+,36-/m1/s1.